The van der Waals surface area contributed by atoms with Gasteiger partial charge in [-0.1, -0.05) is 35.9 Å². The van der Waals surface area contributed by atoms with Gasteiger partial charge in [0.25, 0.3) is 0 Å². The summed E-state index contributed by atoms with van der Waals surface area (Å²) in [5.74, 6) is -0.579. The van der Waals surface area contributed by atoms with Crippen molar-refractivity contribution in [2.45, 2.75) is 23.5 Å². The quantitative estimate of drug-likeness (QED) is 0.685. The summed E-state index contributed by atoms with van der Waals surface area (Å²) in [6, 6.07) is 14.4. The second-order valence-corrected chi connectivity index (χ2v) is 10.0. The van der Waals surface area contributed by atoms with Crippen LogP contribution in [-0.4, -0.2) is 38.0 Å². The van der Waals surface area contributed by atoms with Crippen molar-refractivity contribution in [3.63, 3.8) is 0 Å². The summed E-state index contributed by atoms with van der Waals surface area (Å²) in [5.41, 5.74) is 1.45. The third-order valence-electron chi connectivity index (χ3n) is 4.78. The fourth-order valence-corrected chi connectivity index (χ4v) is 5.56. The van der Waals surface area contributed by atoms with Crippen molar-refractivity contribution in [3.05, 3.63) is 59.1 Å². The van der Waals surface area contributed by atoms with Gasteiger partial charge >= 0.3 is 0 Å². The zero-order valence-corrected chi connectivity index (χ0v) is 18.0. The number of rotatable bonds is 6. The maximum absolute atomic E-state index is 12.8. The second kappa shape index (κ2) is 9.31. The molecular weight excluding hydrogens is 416 g/mol. The number of sulfonamides is 1. The van der Waals surface area contributed by atoms with Crippen LogP contribution in [0.15, 0.2) is 53.4 Å². The van der Waals surface area contributed by atoms with E-state index in [1.165, 1.54) is 4.31 Å². The molecule has 1 saturated heterocycles. The van der Waals surface area contributed by atoms with Gasteiger partial charge in [-0.25, -0.2) is 12.7 Å². The number of nitrogens with one attached hydrogen (secondary N) is 1. The summed E-state index contributed by atoms with van der Waals surface area (Å²) in [7, 11) is -3.50. The highest BCUT2D eigenvalue weighted by Gasteiger charge is 2.32. The molecule has 0 saturated carbocycles. The van der Waals surface area contributed by atoms with E-state index in [0.717, 1.165) is 10.6 Å². The summed E-state index contributed by atoms with van der Waals surface area (Å²) >= 11 is 7.43. The number of carbonyl (C=O) groups excluding carboxylic acids is 1. The van der Waals surface area contributed by atoms with Gasteiger partial charge in [0.1, 0.15) is 0 Å². The molecule has 1 aliphatic heterocycles. The van der Waals surface area contributed by atoms with Crippen LogP contribution in [0.4, 0.5) is 5.69 Å². The molecule has 1 aliphatic rings. The van der Waals surface area contributed by atoms with Crippen molar-refractivity contribution in [1.82, 2.24) is 4.31 Å². The van der Waals surface area contributed by atoms with Gasteiger partial charge in [-0.3, -0.25) is 4.79 Å². The molecule has 1 N–H and O–H groups in total. The minimum atomic E-state index is -3.50. The Morgan fingerprint density at radius 1 is 1.21 bits per heavy atom. The first-order valence-corrected chi connectivity index (χ1v) is 12.3. The molecule has 0 bridgehead atoms. The van der Waals surface area contributed by atoms with Crippen LogP contribution in [0.5, 0.6) is 0 Å². The van der Waals surface area contributed by atoms with Crippen LogP contribution in [0.3, 0.4) is 0 Å². The number of carbonyl (C=O) groups is 1. The van der Waals surface area contributed by atoms with E-state index in [9.17, 15) is 13.2 Å². The molecule has 150 valence electrons. The van der Waals surface area contributed by atoms with Gasteiger partial charge in [0.05, 0.1) is 17.4 Å². The number of para-hydroxylation sites is 1. The number of hydrogen-bond donors (Lipinski definition) is 1. The van der Waals surface area contributed by atoms with E-state index in [1.54, 1.807) is 36.0 Å². The molecule has 28 heavy (non-hydrogen) atoms. The van der Waals surface area contributed by atoms with Crippen molar-refractivity contribution in [2.75, 3.05) is 24.7 Å². The Kier molecular flexibility index (Phi) is 7.04. The molecule has 0 radical (unpaired) electrons. The van der Waals surface area contributed by atoms with E-state index < -0.39 is 10.0 Å². The molecule has 1 heterocycles. The first-order chi connectivity index (χ1) is 13.4. The highest BCUT2D eigenvalue weighted by Crippen LogP contribution is 2.27. The summed E-state index contributed by atoms with van der Waals surface area (Å²) < 4.78 is 27.1. The van der Waals surface area contributed by atoms with Gasteiger partial charge in [0.15, 0.2) is 0 Å². The second-order valence-electron chi connectivity index (χ2n) is 6.77. The van der Waals surface area contributed by atoms with Crippen molar-refractivity contribution < 1.29 is 13.2 Å². The maximum atomic E-state index is 12.8. The van der Waals surface area contributed by atoms with Crippen molar-refractivity contribution in [1.29, 1.82) is 0 Å². The molecule has 5 nitrogen and oxygen atoms in total. The molecule has 0 spiro atoms. The van der Waals surface area contributed by atoms with Gasteiger partial charge in [-0.15, -0.1) is 11.8 Å². The van der Waals surface area contributed by atoms with Crippen LogP contribution < -0.4 is 5.32 Å². The SMILES string of the molecule is CSc1ccccc1NC(=O)[C@H]1CCCN(S(=O)(=O)Cc2ccc(Cl)cc2)C1. The lowest BCUT2D eigenvalue weighted by atomic mass is 9.99. The molecule has 0 unspecified atom stereocenters. The predicted molar refractivity (Wildman–Crippen MR) is 115 cm³/mol. The van der Waals surface area contributed by atoms with Gasteiger partial charge in [-0.05, 0) is 48.9 Å². The summed E-state index contributed by atoms with van der Waals surface area (Å²) in [5, 5.41) is 3.53. The largest absolute Gasteiger partial charge is 0.325 e. The maximum Gasteiger partial charge on any atom is 0.228 e. The Morgan fingerprint density at radius 3 is 2.64 bits per heavy atom. The van der Waals surface area contributed by atoms with Gasteiger partial charge in [0, 0.05) is 23.0 Å². The number of nitrogens with zero attached hydrogens (tertiary/aromatic N) is 1. The lowest BCUT2D eigenvalue weighted by molar-refractivity contribution is -0.120. The van der Waals surface area contributed by atoms with E-state index in [-0.39, 0.29) is 24.1 Å². The van der Waals surface area contributed by atoms with Gasteiger partial charge in [0.2, 0.25) is 15.9 Å². The summed E-state index contributed by atoms with van der Waals surface area (Å²) in [4.78, 5) is 13.7. The summed E-state index contributed by atoms with van der Waals surface area (Å²) in [6.07, 6.45) is 3.30. The third-order valence-corrected chi connectivity index (χ3v) is 7.64. The van der Waals surface area contributed by atoms with Crippen molar-refractivity contribution in [2.24, 2.45) is 5.92 Å². The van der Waals surface area contributed by atoms with E-state index in [2.05, 4.69) is 5.32 Å². The number of benzene rings is 2. The molecule has 2 aromatic carbocycles. The molecule has 0 aromatic heterocycles. The highest BCUT2D eigenvalue weighted by atomic mass is 35.5. The zero-order valence-electron chi connectivity index (χ0n) is 15.6. The fourth-order valence-electron chi connectivity index (χ4n) is 3.27. The smallest absolute Gasteiger partial charge is 0.228 e. The molecule has 1 amide bonds. The topological polar surface area (TPSA) is 66.5 Å². The number of thioether (sulfide) groups is 1. The molecule has 3 rings (SSSR count). The lowest BCUT2D eigenvalue weighted by Gasteiger charge is -2.31. The number of hydrogen-bond acceptors (Lipinski definition) is 4. The fraction of sp³-hybridized carbons (Fsp3) is 0.350. The van der Waals surface area contributed by atoms with E-state index in [1.807, 2.05) is 30.5 Å². The number of anilines is 1. The zero-order chi connectivity index (χ0) is 20.1. The average Bonchev–Trinajstić information content (AvgIpc) is 2.70. The Balaban J connectivity index is 1.67. The van der Waals surface area contributed by atoms with Gasteiger partial charge in [-0.2, -0.15) is 0 Å². The minimum Gasteiger partial charge on any atom is -0.325 e. The van der Waals surface area contributed by atoms with Crippen LogP contribution in [0.2, 0.25) is 5.02 Å². The molecule has 0 aliphatic carbocycles. The van der Waals surface area contributed by atoms with Crippen LogP contribution in [0.25, 0.3) is 0 Å². The minimum absolute atomic E-state index is 0.0895. The number of halogens is 1. The van der Waals surface area contributed by atoms with Crippen molar-refractivity contribution in [3.8, 4) is 0 Å². The van der Waals surface area contributed by atoms with Crippen molar-refractivity contribution >= 4 is 45.0 Å². The Bertz CT molecular complexity index is 933. The number of amides is 1. The Hall–Kier alpha value is -1.54. The Labute approximate surface area is 175 Å². The highest BCUT2D eigenvalue weighted by molar-refractivity contribution is 7.98. The predicted octanol–water partition coefficient (Wildman–Crippen LogP) is 4.24. The van der Waals surface area contributed by atoms with Crippen LogP contribution in [-0.2, 0) is 20.6 Å². The summed E-state index contributed by atoms with van der Waals surface area (Å²) in [6.45, 7) is 0.657. The van der Waals surface area contributed by atoms with E-state index in [0.29, 0.717) is 30.0 Å². The molecular formula is C20H23ClN2O3S2. The molecule has 2 aromatic rings. The normalized spacial score (nSPS) is 18.0. The standard InChI is InChI=1S/C20H23ClN2O3S2/c1-27-19-7-3-2-6-18(19)22-20(24)16-5-4-12-23(13-16)28(25,26)14-15-8-10-17(21)11-9-15/h2-3,6-11,16H,4-5,12-14H2,1H3,(H,22,24)/t16-/m0/s1. The average molecular weight is 439 g/mol. The lowest BCUT2D eigenvalue weighted by Crippen LogP contribution is -2.44. The Morgan fingerprint density at radius 2 is 1.93 bits per heavy atom. The molecule has 1 fully saturated rings. The third kappa shape index (κ3) is 5.29. The van der Waals surface area contributed by atoms with Crippen LogP contribution in [0, 0.1) is 5.92 Å². The monoisotopic (exact) mass is 438 g/mol. The molecule has 8 heteroatoms. The first kappa shape index (κ1) is 21.2. The van der Waals surface area contributed by atoms with E-state index in [4.69, 9.17) is 11.6 Å². The van der Waals surface area contributed by atoms with E-state index >= 15 is 0 Å². The van der Waals surface area contributed by atoms with Gasteiger partial charge < -0.3 is 5.32 Å². The van der Waals surface area contributed by atoms with Crippen LogP contribution in [0.1, 0.15) is 18.4 Å². The van der Waals surface area contributed by atoms with Crippen LogP contribution >= 0.6 is 23.4 Å². The number of piperidine rings is 1. The molecule has 1 atom stereocenters. The first-order valence-electron chi connectivity index (χ1n) is 9.05.